The SMILES string of the molecule is CCNc1nc(NC2CC(OC)C2)c(F)cc1F. The van der Waals surface area contributed by atoms with E-state index in [0.29, 0.717) is 6.54 Å². The van der Waals surface area contributed by atoms with Crippen LogP contribution in [0.4, 0.5) is 20.4 Å². The van der Waals surface area contributed by atoms with Gasteiger partial charge in [-0.2, -0.15) is 0 Å². The second kappa shape index (κ2) is 5.48. The van der Waals surface area contributed by atoms with Crippen LogP contribution >= 0.6 is 0 Å². The molecule has 0 unspecified atom stereocenters. The van der Waals surface area contributed by atoms with Crippen molar-refractivity contribution in [2.24, 2.45) is 0 Å². The van der Waals surface area contributed by atoms with Crippen LogP contribution < -0.4 is 10.6 Å². The fraction of sp³-hybridized carbons (Fsp3) is 0.583. The molecule has 0 spiro atoms. The van der Waals surface area contributed by atoms with E-state index in [4.69, 9.17) is 4.74 Å². The van der Waals surface area contributed by atoms with E-state index in [1.165, 1.54) is 0 Å². The first-order chi connectivity index (χ1) is 8.63. The summed E-state index contributed by atoms with van der Waals surface area (Å²) >= 11 is 0. The minimum absolute atomic E-state index is 0.0732. The second-order valence-electron chi connectivity index (χ2n) is 4.35. The lowest BCUT2D eigenvalue weighted by atomic mass is 9.89. The van der Waals surface area contributed by atoms with Gasteiger partial charge in [0, 0.05) is 25.8 Å². The number of hydrogen-bond acceptors (Lipinski definition) is 4. The van der Waals surface area contributed by atoms with Crippen molar-refractivity contribution < 1.29 is 13.5 Å². The molecule has 0 aromatic carbocycles. The number of ether oxygens (including phenoxy) is 1. The minimum atomic E-state index is -0.678. The lowest BCUT2D eigenvalue weighted by molar-refractivity contribution is 0.0327. The van der Waals surface area contributed by atoms with Gasteiger partial charge in [0.2, 0.25) is 0 Å². The monoisotopic (exact) mass is 257 g/mol. The fourth-order valence-electron chi connectivity index (χ4n) is 1.93. The van der Waals surface area contributed by atoms with Crippen LogP contribution in [0, 0.1) is 11.6 Å². The first-order valence-corrected chi connectivity index (χ1v) is 6.03. The molecule has 100 valence electrons. The standard InChI is InChI=1S/C12H17F2N3O/c1-3-15-11-9(13)6-10(14)12(17-11)16-7-4-8(5-7)18-2/h6-8H,3-5H2,1-2H3,(H2,15,16,17). The predicted octanol–water partition coefficient (Wildman–Crippen LogP) is 2.38. The summed E-state index contributed by atoms with van der Waals surface area (Å²) in [5.41, 5.74) is 0. The van der Waals surface area contributed by atoms with Gasteiger partial charge < -0.3 is 15.4 Å². The highest BCUT2D eigenvalue weighted by atomic mass is 19.1. The normalized spacial score (nSPS) is 22.4. The van der Waals surface area contributed by atoms with Crippen molar-refractivity contribution in [3.05, 3.63) is 17.7 Å². The number of nitrogens with zero attached hydrogens (tertiary/aromatic N) is 1. The molecule has 1 aliphatic carbocycles. The number of nitrogens with one attached hydrogen (secondary N) is 2. The lowest BCUT2D eigenvalue weighted by Crippen LogP contribution is -2.40. The molecule has 2 rings (SSSR count). The first kappa shape index (κ1) is 13.0. The minimum Gasteiger partial charge on any atom is -0.381 e. The van der Waals surface area contributed by atoms with Gasteiger partial charge in [-0.05, 0) is 19.8 Å². The molecule has 1 saturated carbocycles. The van der Waals surface area contributed by atoms with Gasteiger partial charge in [0.05, 0.1) is 6.10 Å². The Morgan fingerprint density at radius 1 is 1.33 bits per heavy atom. The van der Waals surface area contributed by atoms with Gasteiger partial charge in [0.25, 0.3) is 0 Å². The summed E-state index contributed by atoms with van der Waals surface area (Å²) in [6.07, 6.45) is 1.84. The van der Waals surface area contributed by atoms with Crippen molar-refractivity contribution in [3.63, 3.8) is 0 Å². The maximum atomic E-state index is 13.5. The highest BCUT2D eigenvalue weighted by Crippen LogP contribution is 2.27. The average molecular weight is 257 g/mol. The molecular weight excluding hydrogens is 240 g/mol. The largest absolute Gasteiger partial charge is 0.381 e. The van der Waals surface area contributed by atoms with Gasteiger partial charge in [-0.1, -0.05) is 0 Å². The van der Waals surface area contributed by atoms with E-state index in [-0.39, 0.29) is 23.8 Å². The number of pyridine rings is 1. The molecule has 0 atom stereocenters. The summed E-state index contributed by atoms with van der Waals surface area (Å²) < 4.78 is 32.0. The van der Waals surface area contributed by atoms with Gasteiger partial charge >= 0.3 is 0 Å². The summed E-state index contributed by atoms with van der Waals surface area (Å²) in [4.78, 5) is 3.92. The first-order valence-electron chi connectivity index (χ1n) is 6.03. The molecule has 0 bridgehead atoms. The molecule has 2 N–H and O–H groups in total. The van der Waals surface area contributed by atoms with Crippen molar-refractivity contribution in [1.82, 2.24) is 4.98 Å². The van der Waals surface area contributed by atoms with E-state index in [2.05, 4.69) is 15.6 Å². The van der Waals surface area contributed by atoms with Gasteiger partial charge in [-0.15, -0.1) is 0 Å². The van der Waals surface area contributed by atoms with Crippen LogP contribution in [-0.4, -0.2) is 30.8 Å². The third-order valence-corrected chi connectivity index (χ3v) is 3.04. The molecular formula is C12H17F2N3O. The van der Waals surface area contributed by atoms with Gasteiger partial charge in [-0.25, -0.2) is 13.8 Å². The Morgan fingerprint density at radius 2 is 2.00 bits per heavy atom. The summed E-state index contributed by atoms with van der Waals surface area (Å²) in [5, 5.41) is 5.72. The summed E-state index contributed by atoms with van der Waals surface area (Å²) in [5.74, 6) is -1.19. The number of rotatable bonds is 5. The molecule has 1 aromatic heterocycles. The molecule has 0 saturated heterocycles. The molecule has 1 heterocycles. The van der Waals surface area contributed by atoms with Gasteiger partial charge in [-0.3, -0.25) is 0 Å². The Hall–Kier alpha value is -1.43. The maximum Gasteiger partial charge on any atom is 0.168 e. The summed E-state index contributed by atoms with van der Waals surface area (Å²) in [7, 11) is 1.65. The molecule has 1 aliphatic rings. The van der Waals surface area contributed by atoms with Crippen LogP contribution in [0.5, 0.6) is 0 Å². The molecule has 18 heavy (non-hydrogen) atoms. The van der Waals surface area contributed by atoms with E-state index in [0.717, 1.165) is 18.9 Å². The van der Waals surface area contributed by atoms with E-state index in [1.807, 2.05) is 6.92 Å². The molecule has 1 aromatic rings. The van der Waals surface area contributed by atoms with Crippen molar-refractivity contribution >= 4 is 11.6 Å². The Kier molecular flexibility index (Phi) is 3.96. The molecule has 0 amide bonds. The highest BCUT2D eigenvalue weighted by Gasteiger charge is 2.30. The van der Waals surface area contributed by atoms with Crippen molar-refractivity contribution in [2.75, 3.05) is 24.3 Å². The number of methoxy groups -OCH3 is 1. The van der Waals surface area contributed by atoms with E-state index in [1.54, 1.807) is 7.11 Å². The van der Waals surface area contributed by atoms with E-state index >= 15 is 0 Å². The molecule has 1 fully saturated rings. The number of anilines is 2. The Labute approximate surface area is 105 Å². The molecule has 0 radical (unpaired) electrons. The van der Waals surface area contributed by atoms with Crippen LogP contribution in [0.3, 0.4) is 0 Å². The molecule has 0 aliphatic heterocycles. The van der Waals surface area contributed by atoms with Crippen LogP contribution in [0.25, 0.3) is 0 Å². The van der Waals surface area contributed by atoms with Crippen LogP contribution in [0.2, 0.25) is 0 Å². The maximum absolute atomic E-state index is 13.5. The van der Waals surface area contributed by atoms with E-state index in [9.17, 15) is 8.78 Å². The van der Waals surface area contributed by atoms with Gasteiger partial charge in [0.15, 0.2) is 23.3 Å². The Morgan fingerprint density at radius 3 is 2.61 bits per heavy atom. The predicted molar refractivity (Wildman–Crippen MR) is 65.8 cm³/mol. The zero-order valence-corrected chi connectivity index (χ0v) is 10.5. The van der Waals surface area contributed by atoms with Crippen LogP contribution in [-0.2, 0) is 4.74 Å². The Balaban J connectivity index is 2.05. The fourth-order valence-corrected chi connectivity index (χ4v) is 1.93. The van der Waals surface area contributed by atoms with Crippen molar-refractivity contribution in [3.8, 4) is 0 Å². The number of aromatic nitrogens is 1. The quantitative estimate of drug-likeness (QED) is 0.850. The summed E-state index contributed by atoms with van der Waals surface area (Å²) in [6.45, 7) is 2.36. The topological polar surface area (TPSA) is 46.2 Å². The molecule has 4 nitrogen and oxygen atoms in total. The number of hydrogen-bond donors (Lipinski definition) is 2. The summed E-state index contributed by atoms with van der Waals surface area (Å²) in [6, 6.07) is 0.983. The lowest BCUT2D eigenvalue weighted by Gasteiger charge is -2.35. The van der Waals surface area contributed by atoms with Crippen LogP contribution in [0.1, 0.15) is 19.8 Å². The molecule has 6 heteroatoms. The zero-order valence-electron chi connectivity index (χ0n) is 10.5. The third kappa shape index (κ3) is 2.69. The Bertz CT molecular complexity index is 422. The van der Waals surface area contributed by atoms with Crippen LogP contribution in [0.15, 0.2) is 6.07 Å². The van der Waals surface area contributed by atoms with E-state index < -0.39 is 11.6 Å². The second-order valence-corrected chi connectivity index (χ2v) is 4.35. The average Bonchev–Trinajstić information content (AvgIpc) is 2.28. The highest BCUT2D eigenvalue weighted by molar-refractivity contribution is 5.48. The third-order valence-electron chi connectivity index (χ3n) is 3.04. The van der Waals surface area contributed by atoms with Crippen molar-refractivity contribution in [2.45, 2.75) is 31.9 Å². The van der Waals surface area contributed by atoms with Crippen molar-refractivity contribution in [1.29, 1.82) is 0 Å². The smallest absolute Gasteiger partial charge is 0.168 e. The zero-order chi connectivity index (χ0) is 13.1. The van der Waals surface area contributed by atoms with Gasteiger partial charge in [0.1, 0.15) is 0 Å². The number of halogens is 2.